The summed E-state index contributed by atoms with van der Waals surface area (Å²) in [5, 5.41) is 3.85. The summed E-state index contributed by atoms with van der Waals surface area (Å²) in [6.07, 6.45) is 3.19. The Morgan fingerprint density at radius 1 is 1.32 bits per heavy atom. The molecule has 0 bridgehead atoms. The molecule has 2 aromatic heterocycles. The Labute approximate surface area is 117 Å². The van der Waals surface area contributed by atoms with E-state index in [4.69, 9.17) is 20.8 Å². The van der Waals surface area contributed by atoms with Crippen LogP contribution in [0, 0.1) is 0 Å². The first-order valence-electron chi connectivity index (χ1n) is 6.18. The number of halogens is 1. The maximum atomic E-state index is 5.83. The fourth-order valence-electron chi connectivity index (χ4n) is 1.53. The topological polar surface area (TPSA) is 47.3 Å². The van der Waals surface area contributed by atoms with Gasteiger partial charge in [-0.1, -0.05) is 25.4 Å². The van der Waals surface area contributed by atoms with Crippen molar-refractivity contribution in [2.45, 2.75) is 33.0 Å². The molecule has 4 nitrogen and oxygen atoms in total. The van der Waals surface area contributed by atoms with Gasteiger partial charge in [0, 0.05) is 18.3 Å². The predicted octanol–water partition coefficient (Wildman–Crippen LogP) is 3.41. The van der Waals surface area contributed by atoms with Gasteiger partial charge in [0.15, 0.2) is 0 Å². The van der Waals surface area contributed by atoms with E-state index in [2.05, 4.69) is 24.1 Å². The van der Waals surface area contributed by atoms with E-state index in [1.54, 1.807) is 18.5 Å². The van der Waals surface area contributed by atoms with Crippen LogP contribution in [0.3, 0.4) is 0 Å². The van der Waals surface area contributed by atoms with E-state index < -0.39 is 0 Å². The third kappa shape index (κ3) is 4.58. The molecule has 2 aromatic rings. The predicted molar refractivity (Wildman–Crippen MR) is 74.3 cm³/mol. The number of rotatable bonds is 6. The van der Waals surface area contributed by atoms with E-state index in [0.717, 1.165) is 18.1 Å². The van der Waals surface area contributed by atoms with Gasteiger partial charge in [-0.05, 0) is 12.1 Å². The minimum atomic E-state index is 0.365. The number of pyridine rings is 1. The Balaban J connectivity index is 1.86. The van der Waals surface area contributed by atoms with E-state index in [1.165, 1.54) is 0 Å². The van der Waals surface area contributed by atoms with Crippen molar-refractivity contribution in [3.8, 4) is 5.75 Å². The highest BCUT2D eigenvalue weighted by molar-refractivity contribution is 6.30. The molecule has 0 aromatic carbocycles. The largest absolute Gasteiger partial charge is 0.484 e. The maximum Gasteiger partial charge on any atom is 0.146 e. The van der Waals surface area contributed by atoms with Crippen LogP contribution in [-0.2, 0) is 13.2 Å². The molecule has 0 unspecified atom stereocenters. The highest BCUT2D eigenvalue weighted by Crippen LogP contribution is 2.17. The first kappa shape index (κ1) is 13.9. The third-order valence-corrected chi connectivity index (χ3v) is 2.67. The number of nitrogens with one attached hydrogen (secondary N) is 1. The number of nitrogens with zero attached hydrogens (tertiary/aromatic N) is 1. The molecule has 0 radical (unpaired) electrons. The zero-order valence-corrected chi connectivity index (χ0v) is 11.8. The maximum absolute atomic E-state index is 5.83. The first-order valence-corrected chi connectivity index (χ1v) is 6.55. The summed E-state index contributed by atoms with van der Waals surface area (Å²) in [5.74, 6) is 2.31. The van der Waals surface area contributed by atoms with Gasteiger partial charge in [0.2, 0.25) is 0 Å². The van der Waals surface area contributed by atoms with Crippen molar-refractivity contribution < 1.29 is 9.15 Å². The number of furan rings is 1. The van der Waals surface area contributed by atoms with Gasteiger partial charge in [-0.2, -0.15) is 0 Å². The molecule has 2 heterocycles. The van der Waals surface area contributed by atoms with Crippen molar-refractivity contribution in [2.24, 2.45) is 0 Å². The fourth-order valence-corrected chi connectivity index (χ4v) is 1.69. The lowest BCUT2D eigenvalue weighted by Crippen LogP contribution is -2.21. The Hall–Kier alpha value is -1.52. The number of ether oxygens (including phenoxy) is 1. The van der Waals surface area contributed by atoms with Crippen LogP contribution in [-0.4, -0.2) is 11.0 Å². The lowest BCUT2D eigenvalue weighted by molar-refractivity contribution is 0.264. The standard InChI is InChI=1S/C14H17ClN2O2/c1-10(2)17-8-12-3-4-13(19-12)9-18-14-5-11(15)6-16-7-14/h3-7,10,17H,8-9H2,1-2H3. The number of hydrogen-bond donors (Lipinski definition) is 1. The van der Waals surface area contributed by atoms with E-state index in [0.29, 0.717) is 23.4 Å². The lowest BCUT2D eigenvalue weighted by Gasteiger charge is -2.05. The Morgan fingerprint density at radius 3 is 2.84 bits per heavy atom. The molecule has 102 valence electrons. The first-order chi connectivity index (χ1) is 9.13. The Bertz CT molecular complexity index is 526. The van der Waals surface area contributed by atoms with Gasteiger partial charge in [-0.3, -0.25) is 4.98 Å². The van der Waals surface area contributed by atoms with Gasteiger partial charge in [0.1, 0.15) is 23.9 Å². The van der Waals surface area contributed by atoms with Crippen LogP contribution in [0.5, 0.6) is 5.75 Å². The highest BCUT2D eigenvalue weighted by Gasteiger charge is 2.04. The molecule has 19 heavy (non-hydrogen) atoms. The summed E-state index contributed by atoms with van der Waals surface area (Å²) in [6.45, 7) is 5.28. The van der Waals surface area contributed by atoms with Crippen LogP contribution in [0.4, 0.5) is 0 Å². The lowest BCUT2D eigenvalue weighted by atomic mass is 10.3. The zero-order valence-electron chi connectivity index (χ0n) is 11.0. The van der Waals surface area contributed by atoms with E-state index in [9.17, 15) is 0 Å². The summed E-state index contributed by atoms with van der Waals surface area (Å²) >= 11 is 5.83. The molecule has 0 saturated heterocycles. The molecule has 2 rings (SSSR count). The van der Waals surface area contributed by atoms with E-state index in [-0.39, 0.29) is 0 Å². The van der Waals surface area contributed by atoms with Crippen LogP contribution in [0.1, 0.15) is 25.4 Å². The Kier molecular flexibility index (Phi) is 4.82. The third-order valence-electron chi connectivity index (χ3n) is 2.46. The van der Waals surface area contributed by atoms with Crippen molar-refractivity contribution in [1.82, 2.24) is 10.3 Å². The Morgan fingerprint density at radius 2 is 2.11 bits per heavy atom. The van der Waals surface area contributed by atoms with E-state index in [1.807, 2.05) is 12.1 Å². The molecular formula is C14H17ClN2O2. The second kappa shape index (κ2) is 6.59. The summed E-state index contributed by atoms with van der Waals surface area (Å²) < 4.78 is 11.2. The average molecular weight is 281 g/mol. The van der Waals surface area contributed by atoms with Gasteiger partial charge in [-0.25, -0.2) is 0 Å². The second-order valence-electron chi connectivity index (χ2n) is 4.53. The molecule has 0 fully saturated rings. The number of hydrogen-bond acceptors (Lipinski definition) is 4. The van der Waals surface area contributed by atoms with Crippen molar-refractivity contribution in [3.63, 3.8) is 0 Å². The smallest absolute Gasteiger partial charge is 0.146 e. The monoisotopic (exact) mass is 280 g/mol. The molecule has 5 heteroatoms. The molecule has 0 atom stereocenters. The number of aromatic nitrogens is 1. The second-order valence-corrected chi connectivity index (χ2v) is 4.97. The normalized spacial score (nSPS) is 10.9. The van der Waals surface area contributed by atoms with E-state index >= 15 is 0 Å². The molecule has 0 saturated carbocycles. The zero-order chi connectivity index (χ0) is 13.7. The van der Waals surface area contributed by atoms with Crippen molar-refractivity contribution in [1.29, 1.82) is 0 Å². The van der Waals surface area contributed by atoms with Crippen LogP contribution < -0.4 is 10.1 Å². The van der Waals surface area contributed by atoms with Crippen LogP contribution in [0.25, 0.3) is 0 Å². The molecule has 0 aliphatic carbocycles. The summed E-state index contributed by atoms with van der Waals surface area (Å²) in [6, 6.07) is 6.01. The molecule has 0 aliphatic heterocycles. The molecular weight excluding hydrogens is 264 g/mol. The van der Waals surface area contributed by atoms with Gasteiger partial charge in [0.25, 0.3) is 0 Å². The summed E-state index contributed by atoms with van der Waals surface area (Å²) in [7, 11) is 0. The van der Waals surface area contributed by atoms with Crippen molar-refractivity contribution in [3.05, 3.63) is 47.1 Å². The van der Waals surface area contributed by atoms with Crippen molar-refractivity contribution in [2.75, 3.05) is 0 Å². The summed E-state index contributed by atoms with van der Waals surface area (Å²) in [5.41, 5.74) is 0. The van der Waals surface area contributed by atoms with Crippen LogP contribution in [0.2, 0.25) is 5.02 Å². The van der Waals surface area contributed by atoms with Gasteiger partial charge < -0.3 is 14.5 Å². The van der Waals surface area contributed by atoms with Gasteiger partial charge in [-0.15, -0.1) is 0 Å². The van der Waals surface area contributed by atoms with Gasteiger partial charge >= 0.3 is 0 Å². The minimum Gasteiger partial charge on any atom is -0.484 e. The SMILES string of the molecule is CC(C)NCc1ccc(COc2cncc(Cl)c2)o1. The fraction of sp³-hybridized carbons (Fsp3) is 0.357. The highest BCUT2D eigenvalue weighted by atomic mass is 35.5. The molecule has 0 amide bonds. The minimum absolute atomic E-state index is 0.365. The van der Waals surface area contributed by atoms with Gasteiger partial charge in [0.05, 0.1) is 17.8 Å². The summed E-state index contributed by atoms with van der Waals surface area (Å²) in [4.78, 5) is 3.95. The van der Waals surface area contributed by atoms with Crippen LogP contribution >= 0.6 is 11.6 Å². The molecule has 0 aliphatic rings. The van der Waals surface area contributed by atoms with Crippen molar-refractivity contribution >= 4 is 11.6 Å². The van der Waals surface area contributed by atoms with Crippen LogP contribution in [0.15, 0.2) is 35.0 Å². The average Bonchev–Trinajstić information content (AvgIpc) is 2.82. The molecule has 1 N–H and O–H groups in total. The quantitative estimate of drug-likeness (QED) is 0.881. The molecule has 0 spiro atoms.